The number of halogens is 3. The molecule has 0 amide bonds. The van der Waals surface area contributed by atoms with Gasteiger partial charge in [-0.15, -0.1) is 5.10 Å². The molecule has 1 aromatic carbocycles. The van der Waals surface area contributed by atoms with E-state index in [-0.39, 0.29) is 0 Å². The Kier molecular flexibility index (Phi) is 3.77. The Labute approximate surface area is 123 Å². The Balaban J connectivity index is 1.77. The van der Waals surface area contributed by atoms with Gasteiger partial charge in [-0.2, -0.15) is 5.10 Å². The Morgan fingerprint density at radius 1 is 1.27 bits per heavy atom. The van der Waals surface area contributed by atoms with Crippen LogP contribution in [0.5, 0.6) is 0 Å². The minimum absolute atomic E-state index is 0.317. The van der Waals surface area contributed by atoms with E-state index in [4.69, 9.17) is 0 Å². The molecule has 22 heavy (non-hydrogen) atoms. The molecular weight excluding hydrogens is 297 g/mol. The van der Waals surface area contributed by atoms with Crippen LogP contribution < -0.4 is 5.32 Å². The molecule has 0 saturated heterocycles. The lowest BCUT2D eigenvalue weighted by molar-refractivity contribution is 0.146. The third-order valence-electron chi connectivity index (χ3n) is 2.98. The summed E-state index contributed by atoms with van der Waals surface area (Å²) in [6.45, 7) is 0.380. The van der Waals surface area contributed by atoms with Crippen molar-refractivity contribution in [2.45, 2.75) is 13.0 Å². The van der Waals surface area contributed by atoms with Gasteiger partial charge in [0, 0.05) is 0 Å². The van der Waals surface area contributed by atoms with E-state index in [0.29, 0.717) is 17.9 Å². The maximum absolute atomic E-state index is 13.3. The molecule has 0 aliphatic rings. The minimum Gasteiger partial charge on any atom is -0.365 e. The Bertz CT molecular complexity index is 753. The number of aromatic nitrogens is 5. The zero-order valence-corrected chi connectivity index (χ0v) is 11.2. The average molecular weight is 308 g/mol. The van der Waals surface area contributed by atoms with Crippen LogP contribution in [0.3, 0.4) is 0 Å². The van der Waals surface area contributed by atoms with Crippen LogP contribution in [0, 0.1) is 5.82 Å². The normalized spacial score (nSPS) is 11.1. The van der Waals surface area contributed by atoms with Gasteiger partial charge in [0.15, 0.2) is 0 Å². The van der Waals surface area contributed by atoms with E-state index in [1.807, 2.05) is 0 Å². The smallest absolute Gasteiger partial charge is 0.266 e. The quantitative estimate of drug-likeness (QED) is 0.760. The van der Waals surface area contributed by atoms with E-state index in [2.05, 4.69) is 25.8 Å². The zero-order valence-electron chi connectivity index (χ0n) is 11.2. The van der Waals surface area contributed by atoms with Crippen molar-refractivity contribution < 1.29 is 13.2 Å². The van der Waals surface area contributed by atoms with Gasteiger partial charge in [-0.25, -0.2) is 17.9 Å². The first-order chi connectivity index (χ1) is 10.6. The van der Waals surface area contributed by atoms with E-state index in [1.165, 1.54) is 10.7 Å². The fourth-order valence-electron chi connectivity index (χ4n) is 1.89. The van der Waals surface area contributed by atoms with Gasteiger partial charge in [-0.3, -0.25) is 5.10 Å². The highest BCUT2D eigenvalue weighted by molar-refractivity contribution is 5.37. The maximum atomic E-state index is 13.3. The fraction of sp³-hybridized carbons (Fsp3) is 0.154. The SMILES string of the molecule is Fc1ccc(-n2cc(CNc3ccn[nH]3)nn2)cc1C(F)F. The molecule has 0 saturated carbocycles. The van der Waals surface area contributed by atoms with Gasteiger partial charge in [0.2, 0.25) is 0 Å². The summed E-state index contributed by atoms with van der Waals surface area (Å²) in [5.41, 5.74) is 0.250. The molecule has 0 spiro atoms. The summed E-state index contributed by atoms with van der Waals surface area (Å²) >= 11 is 0. The lowest BCUT2D eigenvalue weighted by Gasteiger charge is -2.05. The van der Waals surface area contributed by atoms with Gasteiger partial charge in [0.05, 0.1) is 30.2 Å². The van der Waals surface area contributed by atoms with Gasteiger partial charge in [0.1, 0.15) is 17.3 Å². The van der Waals surface area contributed by atoms with Crippen molar-refractivity contribution in [3.05, 3.63) is 53.7 Å². The second kappa shape index (κ2) is 5.88. The summed E-state index contributed by atoms with van der Waals surface area (Å²) in [5.74, 6) is -0.226. The molecule has 2 heterocycles. The van der Waals surface area contributed by atoms with Crippen LogP contribution in [0.15, 0.2) is 36.7 Å². The molecule has 3 rings (SSSR count). The van der Waals surface area contributed by atoms with E-state index in [9.17, 15) is 13.2 Å². The summed E-state index contributed by atoms with van der Waals surface area (Å²) in [6, 6.07) is 5.16. The number of nitrogens with one attached hydrogen (secondary N) is 2. The van der Waals surface area contributed by atoms with Crippen LogP contribution >= 0.6 is 0 Å². The number of nitrogens with zero attached hydrogens (tertiary/aromatic N) is 4. The molecule has 9 heteroatoms. The van der Waals surface area contributed by atoms with E-state index >= 15 is 0 Å². The Hall–Kier alpha value is -2.84. The molecule has 2 aromatic heterocycles. The lowest BCUT2D eigenvalue weighted by atomic mass is 10.2. The average Bonchev–Trinajstić information content (AvgIpc) is 3.17. The number of H-pyrrole nitrogens is 1. The standard InChI is InChI=1S/C13H11F3N6/c14-11-2-1-9(5-10(11)13(15)16)22-7-8(19-21-22)6-17-12-3-4-18-20-12/h1-5,7,13H,6H2,(H2,17,18,20). The summed E-state index contributed by atoms with van der Waals surface area (Å²) in [6.07, 6.45) is 0.292. The van der Waals surface area contributed by atoms with E-state index < -0.39 is 17.8 Å². The number of anilines is 1. The predicted octanol–water partition coefficient (Wildman–Crippen LogP) is 2.68. The summed E-state index contributed by atoms with van der Waals surface area (Å²) < 4.78 is 40.0. The second-order valence-corrected chi connectivity index (χ2v) is 4.48. The van der Waals surface area contributed by atoms with Crippen LogP contribution in [0.25, 0.3) is 5.69 Å². The molecule has 3 aromatic rings. The van der Waals surface area contributed by atoms with Gasteiger partial charge in [0.25, 0.3) is 6.43 Å². The number of hydrogen-bond acceptors (Lipinski definition) is 4. The number of alkyl halides is 2. The van der Waals surface area contributed by atoms with Crippen LogP contribution in [0.1, 0.15) is 17.7 Å². The topological polar surface area (TPSA) is 71.4 Å². The van der Waals surface area contributed by atoms with Crippen molar-refractivity contribution in [3.63, 3.8) is 0 Å². The fourth-order valence-corrected chi connectivity index (χ4v) is 1.89. The zero-order chi connectivity index (χ0) is 15.5. The number of hydrogen-bond donors (Lipinski definition) is 2. The molecule has 6 nitrogen and oxygen atoms in total. The summed E-state index contributed by atoms with van der Waals surface area (Å²) in [4.78, 5) is 0. The highest BCUT2D eigenvalue weighted by Crippen LogP contribution is 2.24. The highest BCUT2D eigenvalue weighted by Gasteiger charge is 2.15. The molecule has 0 fully saturated rings. The molecule has 0 atom stereocenters. The van der Waals surface area contributed by atoms with Crippen molar-refractivity contribution in [2.24, 2.45) is 0 Å². The molecule has 0 aliphatic heterocycles. The largest absolute Gasteiger partial charge is 0.365 e. The molecule has 0 unspecified atom stereocenters. The minimum atomic E-state index is -2.88. The van der Waals surface area contributed by atoms with E-state index in [0.717, 1.165) is 18.0 Å². The van der Waals surface area contributed by atoms with E-state index in [1.54, 1.807) is 18.5 Å². The van der Waals surface area contributed by atoms with Crippen molar-refractivity contribution in [1.29, 1.82) is 0 Å². The monoisotopic (exact) mass is 308 g/mol. The Morgan fingerprint density at radius 3 is 2.86 bits per heavy atom. The first-order valence-corrected chi connectivity index (χ1v) is 6.36. The molecule has 2 N–H and O–H groups in total. The first-order valence-electron chi connectivity index (χ1n) is 6.36. The number of benzene rings is 1. The van der Waals surface area contributed by atoms with Gasteiger partial charge < -0.3 is 5.32 Å². The lowest BCUT2D eigenvalue weighted by Crippen LogP contribution is -2.00. The van der Waals surface area contributed by atoms with Crippen LogP contribution in [0.4, 0.5) is 19.0 Å². The molecule has 0 radical (unpaired) electrons. The predicted molar refractivity (Wildman–Crippen MR) is 72.2 cm³/mol. The summed E-state index contributed by atoms with van der Waals surface area (Å²) in [5, 5.41) is 17.3. The maximum Gasteiger partial charge on any atom is 0.266 e. The summed E-state index contributed by atoms with van der Waals surface area (Å²) in [7, 11) is 0. The Morgan fingerprint density at radius 2 is 2.14 bits per heavy atom. The van der Waals surface area contributed by atoms with Crippen molar-refractivity contribution in [2.75, 3.05) is 5.32 Å². The van der Waals surface area contributed by atoms with Crippen LogP contribution in [0.2, 0.25) is 0 Å². The van der Waals surface area contributed by atoms with Gasteiger partial charge in [-0.05, 0) is 24.3 Å². The first kappa shape index (κ1) is 14.1. The number of rotatable bonds is 5. The van der Waals surface area contributed by atoms with Crippen molar-refractivity contribution in [3.8, 4) is 5.69 Å². The molecule has 114 valence electrons. The van der Waals surface area contributed by atoms with Gasteiger partial charge in [-0.1, -0.05) is 5.21 Å². The third kappa shape index (κ3) is 2.92. The van der Waals surface area contributed by atoms with Crippen molar-refractivity contribution >= 4 is 5.82 Å². The molecule has 0 aliphatic carbocycles. The van der Waals surface area contributed by atoms with Gasteiger partial charge >= 0.3 is 0 Å². The highest BCUT2D eigenvalue weighted by atomic mass is 19.3. The second-order valence-electron chi connectivity index (χ2n) is 4.48. The third-order valence-corrected chi connectivity index (χ3v) is 2.98. The molecular formula is C13H11F3N6. The van der Waals surface area contributed by atoms with Crippen LogP contribution in [-0.4, -0.2) is 25.2 Å². The number of aromatic amines is 1. The van der Waals surface area contributed by atoms with Crippen molar-refractivity contribution in [1.82, 2.24) is 25.2 Å². The van der Waals surface area contributed by atoms with Crippen LogP contribution in [-0.2, 0) is 6.54 Å². The molecule has 0 bridgehead atoms.